The van der Waals surface area contributed by atoms with Gasteiger partial charge in [0.1, 0.15) is 0 Å². The van der Waals surface area contributed by atoms with E-state index in [0.29, 0.717) is 11.6 Å². The molecule has 0 aliphatic carbocycles. The van der Waals surface area contributed by atoms with Crippen LogP contribution in [0.15, 0.2) is 59.5 Å². The van der Waals surface area contributed by atoms with Crippen LogP contribution in [-0.2, 0) is 6.54 Å². The zero-order valence-electron chi connectivity index (χ0n) is 10.1. The second-order valence-electron chi connectivity index (χ2n) is 4.30. The minimum Gasteiger partial charge on any atom is -0.301 e. The van der Waals surface area contributed by atoms with Gasteiger partial charge in [0.15, 0.2) is 0 Å². The molecule has 2 aromatic carbocycles. The molecule has 3 aromatic rings. The van der Waals surface area contributed by atoms with Crippen LogP contribution in [0.4, 0.5) is 0 Å². The molecule has 3 nitrogen and oxygen atoms in total. The van der Waals surface area contributed by atoms with E-state index in [2.05, 4.69) is 4.98 Å². The molecule has 3 rings (SSSR count). The fourth-order valence-electron chi connectivity index (χ4n) is 2.06. The highest BCUT2D eigenvalue weighted by Crippen LogP contribution is 2.17. The number of nitrogens with zero attached hydrogens (tertiary/aromatic N) is 2. The van der Waals surface area contributed by atoms with E-state index in [1.165, 1.54) is 6.20 Å². The van der Waals surface area contributed by atoms with Crippen molar-refractivity contribution in [1.29, 1.82) is 0 Å². The van der Waals surface area contributed by atoms with E-state index in [1.807, 2.05) is 36.4 Å². The molecule has 0 atom stereocenters. The van der Waals surface area contributed by atoms with Crippen molar-refractivity contribution in [2.24, 2.45) is 0 Å². The second kappa shape index (κ2) is 4.86. The molecular formula is C15H11ClN2O. The Morgan fingerprint density at radius 1 is 1.11 bits per heavy atom. The van der Waals surface area contributed by atoms with Crippen LogP contribution in [0.3, 0.4) is 0 Å². The molecular weight excluding hydrogens is 260 g/mol. The zero-order chi connectivity index (χ0) is 13.2. The summed E-state index contributed by atoms with van der Waals surface area (Å²) in [5.41, 5.74) is 2.46. The molecule has 0 spiro atoms. The first-order valence-corrected chi connectivity index (χ1v) is 6.31. The highest BCUT2D eigenvalue weighted by molar-refractivity contribution is 6.31. The van der Waals surface area contributed by atoms with Gasteiger partial charge in [0.05, 0.1) is 23.8 Å². The van der Waals surface area contributed by atoms with Crippen LogP contribution in [0, 0.1) is 0 Å². The lowest BCUT2D eigenvalue weighted by molar-refractivity contribution is 0.787. The Labute approximate surface area is 115 Å². The maximum atomic E-state index is 12.0. The maximum absolute atomic E-state index is 12.0. The normalized spacial score (nSPS) is 10.8. The van der Waals surface area contributed by atoms with E-state index in [-0.39, 0.29) is 5.56 Å². The summed E-state index contributed by atoms with van der Waals surface area (Å²) in [6, 6.07) is 15.2. The predicted octanol–water partition coefficient (Wildman–Crippen LogP) is 3.10. The molecule has 1 aromatic heterocycles. The number of aromatic nitrogens is 2. The first kappa shape index (κ1) is 11.9. The summed E-state index contributed by atoms with van der Waals surface area (Å²) in [5.74, 6) is 0. The Bertz CT molecular complexity index is 781. The van der Waals surface area contributed by atoms with Crippen molar-refractivity contribution in [3.8, 4) is 0 Å². The molecule has 0 saturated heterocycles. The number of fused-ring (bicyclic) bond motifs is 1. The van der Waals surface area contributed by atoms with Crippen molar-refractivity contribution in [1.82, 2.24) is 9.55 Å². The standard InChI is InChI=1S/C15H11ClN2O/c16-12-6-7-13-14(8-12)18(15(19)9-17-13)10-11-4-2-1-3-5-11/h1-9H,10H2. The summed E-state index contributed by atoms with van der Waals surface area (Å²) < 4.78 is 1.68. The fraction of sp³-hybridized carbons (Fsp3) is 0.0667. The summed E-state index contributed by atoms with van der Waals surface area (Å²) >= 11 is 6.00. The Morgan fingerprint density at radius 3 is 2.68 bits per heavy atom. The Morgan fingerprint density at radius 2 is 1.89 bits per heavy atom. The van der Waals surface area contributed by atoms with Crippen LogP contribution in [0.1, 0.15) is 5.56 Å². The molecule has 19 heavy (non-hydrogen) atoms. The molecule has 0 unspecified atom stereocenters. The van der Waals surface area contributed by atoms with Gasteiger partial charge in [0.2, 0.25) is 0 Å². The topological polar surface area (TPSA) is 34.9 Å². The van der Waals surface area contributed by atoms with E-state index in [4.69, 9.17) is 11.6 Å². The van der Waals surface area contributed by atoms with Crippen LogP contribution >= 0.6 is 11.6 Å². The van der Waals surface area contributed by atoms with Gasteiger partial charge in [-0.05, 0) is 23.8 Å². The predicted molar refractivity (Wildman–Crippen MR) is 76.6 cm³/mol. The van der Waals surface area contributed by atoms with Gasteiger partial charge < -0.3 is 4.57 Å². The number of halogens is 1. The highest BCUT2D eigenvalue weighted by atomic mass is 35.5. The third kappa shape index (κ3) is 2.37. The number of benzene rings is 2. The van der Waals surface area contributed by atoms with Gasteiger partial charge in [-0.3, -0.25) is 4.79 Å². The average molecular weight is 271 g/mol. The van der Waals surface area contributed by atoms with Gasteiger partial charge in [-0.15, -0.1) is 0 Å². The molecule has 0 saturated carbocycles. The van der Waals surface area contributed by atoms with E-state index < -0.39 is 0 Å². The number of hydrogen-bond acceptors (Lipinski definition) is 2. The van der Waals surface area contributed by atoms with Gasteiger partial charge in [-0.25, -0.2) is 4.98 Å². The fourth-order valence-corrected chi connectivity index (χ4v) is 2.23. The quantitative estimate of drug-likeness (QED) is 0.717. The van der Waals surface area contributed by atoms with E-state index >= 15 is 0 Å². The Balaban J connectivity index is 2.19. The zero-order valence-corrected chi connectivity index (χ0v) is 10.8. The minimum absolute atomic E-state index is 0.126. The summed E-state index contributed by atoms with van der Waals surface area (Å²) in [6.45, 7) is 0.513. The third-order valence-corrected chi connectivity index (χ3v) is 3.23. The lowest BCUT2D eigenvalue weighted by Gasteiger charge is -2.09. The first-order chi connectivity index (χ1) is 9.24. The Hall–Kier alpha value is -2.13. The van der Waals surface area contributed by atoms with Crippen molar-refractivity contribution < 1.29 is 0 Å². The summed E-state index contributed by atoms with van der Waals surface area (Å²) in [6.07, 6.45) is 1.35. The molecule has 0 amide bonds. The highest BCUT2D eigenvalue weighted by Gasteiger charge is 2.05. The third-order valence-electron chi connectivity index (χ3n) is 2.99. The summed E-state index contributed by atoms with van der Waals surface area (Å²) in [4.78, 5) is 16.1. The number of rotatable bonds is 2. The SMILES string of the molecule is O=c1cnc2ccc(Cl)cc2n1Cc1ccccc1. The van der Waals surface area contributed by atoms with E-state index in [0.717, 1.165) is 16.6 Å². The molecule has 0 bridgehead atoms. The van der Waals surface area contributed by atoms with Gasteiger partial charge in [0, 0.05) is 5.02 Å². The van der Waals surface area contributed by atoms with Crippen molar-refractivity contribution in [3.63, 3.8) is 0 Å². The van der Waals surface area contributed by atoms with Gasteiger partial charge >= 0.3 is 0 Å². The monoisotopic (exact) mass is 270 g/mol. The maximum Gasteiger partial charge on any atom is 0.269 e. The lowest BCUT2D eigenvalue weighted by atomic mass is 10.2. The van der Waals surface area contributed by atoms with Crippen LogP contribution in [0.2, 0.25) is 5.02 Å². The van der Waals surface area contributed by atoms with E-state index in [1.54, 1.807) is 16.7 Å². The average Bonchev–Trinajstić information content (AvgIpc) is 2.43. The molecule has 1 heterocycles. The van der Waals surface area contributed by atoms with Crippen molar-refractivity contribution in [2.45, 2.75) is 6.54 Å². The minimum atomic E-state index is -0.126. The van der Waals surface area contributed by atoms with Gasteiger partial charge in [-0.2, -0.15) is 0 Å². The summed E-state index contributed by atoms with van der Waals surface area (Å²) in [5, 5.41) is 0.599. The molecule has 4 heteroatoms. The Kier molecular flexibility index (Phi) is 3.05. The molecule has 0 radical (unpaired) electrons. The first-order valence-electron chi connectivity index (χ1n) is 5.93. The van der Waals surface area contributed by atoms with Crippen LogP contribution in [0.5, 0.6) is 0 Å². The van der Waals surface area contributed by atoms with Crippen molar-refractivity contribution in [3.05, 3.63) is 75.7 Å². The van der Waals surface area contributed by atoms with Crippen LogP contribution in [0.25, 0.3) is 11.0 Å². The molecule has 0 aliphatic heterocycles. The summed E-state index contributed by atoms with van der Waals surface area (Å²) in [7, 11) is 0. The van der Waals surface area contributed by atoms with E-state index in [9.17, 15) is 4.79 Å². The molecule has 0 N–H and O–H groups in total. The largest absolute Gasteiger partial charge is 0.301 e. The molecule has 0 aliphatic rings. The van der Waals surface area contributed by atoms with Gasteiger partial charge in [0.25, 0.3) is 5.56 Å². The van der Waals surface area contributed by atoms with Gasteiger partial charge in [-0.1, -0.05) is 41.9 Å². The second-order valence-corrected chi connectivity index (χ2v) is 4.74. The van der Waals surface area contributed by atoms with Crippen molar-refractivity contribution in [2.75, 3.05) is 0 Å². The number of hydrogen-bond donors (Lipinski definition) is 0. The van der Waals surface area contributed by atoms with Crippen LogP contribution in [-0.4, -0.2) is 9.55 Å². The van der Waals surface area contributed by atoms with Crippen LogP contribution < -0.4 is 5.56 Å². The lowest BCUT2D eigenvalue weighted by Crippen LogP contribution is -2.21. The molecule has 0 fully saturated rings. The molecule has 94 valence electrons. The van der Waals surface area contributed by atoms with Crippen molar-refractivity contribution >= 4 is 22.6 Å². The smallest absolute Gasteiger partial charge is 0.269 e.